The topological polar surface area (TPSA) is 34.1 Å². The fraction of sp³-hybridized carbons (Fsp3) is 0.111. The summed E-state index contributed by atoms with van der Waals surface area (Å²) in [5.41, 5.74) is 1.96. The summed E-state index contributed by atoms with van der Waals surface area (Å²) < 4.78 is 0. The van der Waals surface area contributed by atoms with Crippen molar-refractivity contribution in [3.8, 4) is 0 Å². The number of Topliss-reactive ketones (excluding diaryl/α,β-unsaturated/α-hetero) is 2. The predicted molar refractivity (Wildman–Crippen MR) is 84.1 cm³/mol. The minimum absolute atomic E-state index is 0.151. The molecule has 0 N–H and O–H groups in total. The first-order valence-corrected chi connectivity index (χ1v) is 7.90. The molecule has 0 aromatic rings. The van der Waals surface area contributed by atoms with Crippen molar-refractivity contribution in [2.24, 2.45) is 0 Å². The first-order valence-electron chi connectivity index (χ1n) is 6.68. The zero-order chi connectivity index (χ0) is 15.0. The average molecular weight is 294 g/mol. The predicted octanol–water partition coefficient (Wildman–Crippen LogP) is 2.88. The Hall–Kier alpha value is -0.830. The molecular weight excluding hydrogens is 280 g/mol. The van der Waals surface area contributed by atoms with Crippen LogP contribution in [0.15, 0.2) is 21.6 Å². The molecule has 3 aliphatic carbocycles. The maximum Gasteiger partial charge on any atom is 0.203 e. The Bertz CT molecular complexity index is 529. The normalized spacial score (nSPS) is 24.8. The smallest absolute Gasteiger partial charge is 0.203 e. The summed E-state index contributed by atoms with van der Waals surface area (Å²) in [7, 11) is 0. The van der Waals surface area contributed by atoms with Crippen LogP contribution >= 0.6 is 11.8 Å². The van der Waals surface area contributed by atoms with E-state index in [9.17, 15) is 9.59 Å². The number of hydrogen-bond acceptors (Lipinski definition) is 3. The Balaban J connectivity index is 2.10. The van der Waals surface area contributed by atoms with Gasteiger partial charge in [-0.05, 0) is 75.7 Å². The number of thioether (sulfide) groups is 1. The van der Waals surface area contributed by atoms with Gasteiger partial charge in [0.15, 0.2) is 5.78 Å². The van der Waals surface area contributed by atoms with Crippen molar-refractivity contribution in [2.75, 3.05) is 6.26 Å². The van der Waals surface area contributed by atoms with Gasteiger partial charge in [-0.25, -0.2) is 0 Å². The first kappa shape index (κ1) is 15.1. The number of hydrogen-bond donors (Lipinski definition) is 0. The Morgan fingerprint density at radius 1 is 0.905 bits per heavy atom. The second-order valence-corrected chi connectivity index (χ2v) is 5.71. The van der Waals surface area contributed by atoms with Crippen LogP contribution in [0.2, 0.25) is 0 Å². The molecule has 0 aromatic carbocycles. The van der Waals surface area contributed by atoms with E-state index in [1.165, 1.54) is 18.7 Å². The summed E-state index contributed by atoms with van der Waals surface area (Å²) in [4.78, 5) is 25.3. The van der Waals surface area contributed by atoms with Gasteiger partial charge in [0.05, 0.1) is 10.5 Å². The summed E-state index contributed by atoms with van der Waals surface area (Å²) in [6.45, 7) is 1.46. The highest BCUT2D eigenvalue weighted by molar-refractivity contribution is 8.03. The van der Waals surface area contributed by atoms with Crippen LogP contribution in [0.3, 0.4) is 0 Å². The van der Waals surface area contributed by atoms with Gasteiger partial charge in [0, 0.05) is 11.8 Å². The van der Waals surface area contributed by atoms with Crippen molar-refractivity contribution in [1.82, 2.24) is 0 Å². The van der Waals surface area contributed by atoms with Crippen LogP contribution in [0, 0.1) is 63.2 Å². The number of carbonyl (C=O) groups excluding carboxylic acids is 2. The van der Waals surface area contributed by atoms with Gasteiger partial charge in [-0.2, -0.15) is 0 Å². The van der Waals surface area contributed by atoms with Crippen LogP contribution in [-0.2, 0) is 9.59 Å². The second-order valence-electron chi connectivity index (χ2n) is 4.89. The van der Waals surface area contributed by atoms with E-state index in [-0.39, 0.29) is 11.6 Å². The van der Waals surface area contributed by atoms with Crippen molar-refractivity contribution in [2.45, 2.75) is 6.92 Å². The van der Waals surface area contributed by atoms with E-state index in [4.69, 9.17) is 0 Å². The number of rotatable bonds is 4. The van der Waals surface area contributed by atoms with Gasteiger partial charge < -0.3 is 0 Å². The zero-order valence-corrected chi connectivity index (χ0v) is 12.7. The Morgan fingerprint density at radius 2 is 1.38 bits per heavy atom. The average Bonchev–Trinajstić information content (AvgIpc) is 3.17. The molecule has 0 amide bonds. The minimum atomic E-state index is -0.177. The van der Waals surface area contributed by atoms with E-state index >= 15 is 0 Å². The molecule has 0 unspecified atom stereocenters. The molecule has 0 heterocycles. The summed E-state index contributed by atoms with van der Waals surface area (Å²) in [6, 6.07) is 0. The van der Waals surface area contributed by atoms with Crippen molar-refractivity contribution < 1.29 is 9.59 Å². The Kier molecular flexibility index (Phi) is 4.39. The van der Waals surface area contributed by atoms with Gasteiger partial charge in [0.2, 0.25) is 5.78 Å². The molecule has 0 spiro atoms. The molecule has 3 aliphatic rings. The van der Waals surface area contributed by atoms with Crippen molar-refractivity contribution in [3.63, 3.8) is 0 Å². The van der Waals surface area contributed by atoms with Crippen molar-refractivity contribution in [3.05, 3.63) is 84.8 Å². The lowest BCUT2D eigenvalue weighted by atomic mass is 9.83. The minimum Gasteiger partial charge on any atom is -0.294 e. The molecule has 0 bridgehead atoms. The fourth-order valence-corrected chi connectivity index (χ4v) is 3.47. The van der Waals surface area contributed by atoms with Crippen LogP contribution in [0.5, 0.6) is 0 Å². The molecule has 3 rings (SSSR count). The Labute approximate surface area is 131 Å². The van der Waals surface area contributed by atoms with Crippen LogP contribution < -0.4 is 0 Å². The summed E-state index contributed by atoms with van der Waals surface area (Å²) in [5.74, 6) is 1.58. The third-order valence-electron chi connectivity index (χ3n) is 3.62. The van der Waals surface area contributed by atoms with E-state index in [0.717, 1.165) is 23.0 Å². The molecule has 2 fully saturated rings. The van der Waals surface area contributed by atoms with E-state index in [1.807, 2.05) is 57.6 Å². The maximum absolute atomic E-state index is 12.6. The molecular formula is C18H14O2S. The molecule has 0 aliphatic heterocycles. The quantitative estimate of drug-likeness (QED) is 0.748. The van der Waals surface area contributed by atoms with Crippen LogP contribution in [0.25, 0.3) is 0 Å². The SMILES string of the molecule is CSC1=C([C]2[CH][CH][CH][CH]2)C([C]2[CH][CH][CH][CH]2)=C(C(C)=O)C1=O. The number of carbonyl (C=O) groups is 2. The zero-order valence-electron chi connectivity index (χ0n) is 11.8. The lowest BCUT2D eigenvalue weighted by Gasteiger charge is -2.20. The lowest BCUT2D eigenvalue weighted by Crippen LogP contribution is -2.12. The molecule has 104 valence electrons. The van der Waals surface area contributed by atoms with Gasteiger partial charge >= 0.3 is 0 Å². The van der Waals surface area contributed by atoms with Crippen LogP contribution in [0.4, 0.5) is 0 Å². The fourth-order valence-electron chi connectivity index (χ4n) is 2.76. The standard InChI is InChI=1S/C18H14O2S/c1-11(19)14-15(12-7-3-4-8-12)16(13-9-5-6-10-13)18(21-2)17(14)20/h3-10H,1-2H3. The Morgan fingerprint density at radius 3 is 1.81 bits per heavy atom. The molecule has 0 saturated heterocycles. The second kappa shape index (κ2) is 6.12. The van der Waals surface area contributed by atoms with Gasteiger partial charge in [0.1, 0.15) is 0 Å². The third kappa shape index (κ3) is 2.54. The highest BCUT2D eigenvalue weighted by Crippen LogP contribution is 2.50. The molecule has 0 atom stereocenters. The molecule has 21 heavy (non-hydrogen) atoms. The van der Waals surface area contributed by atoms with Crippen molar-refractivity contribution in [1.29, 1.82) is 0 Å². The highest BCUT2D eigenvalue weighted by atomic mass is 32.2. The van der Waals surface area contributed by atoms with Crippen LogP contribution in [-0.4, -0.2) is 17.8 Å². The highest BCUT2D eigenvalue weighted by Gasteiger charge is 2.42. The maximum atomic E-state index is 12.6. The number of ketones is 2. The third-order valence-corrected chi connectivity index (χ3v) is 4.42. The molecule has 2 nitrogen and oxygen atoms in total. The van der Waals surface area contributed by atoms with Crippen molar-refractivity contribution >= 4 is 23.3 Å². The number of allylic oxidation sites excluding steroid dienone is 4. The van der Waals surface area contributed by atoms with E-state index < -0.39 is 0 Å². The van der Waals surface area contributed by atoms with Gasteiger partial charge in [-0.1, -0.05) is 0 Å². The lowest BCUT2D eigenvalue weighted by molar-refractivity contribution is -0.118. The summed E-state index contributed by atoms with van der Waals surface area (Å²) >= 11 is 1.41. The van der Waals surface area contributed by atoms with E-state index in [1.54, 1.807) is 0 Å². The van der Waals surface area contributed by atoms with E-state index in [0.29, 0.717) is 10.5 Å². The van der Waals surface area contributed by atoms with Gasteiger partial charge in [0.25, 0.3) is 0 Å². The molecule has 0 aromatic heterocycles. The first-order chi connectivity index (χ1) is 10.1. The molecule has 2 saturated carbocycles. The summed E-state index contributed by atoms with van der Waals surface area (Å²) in [5, 5.41) is 0. The summed E-state index contributed by atoms with van der Waals surface area (Å²) in [6.07, 6.45) is 17.4. The van der Waals surface area contributed by atoms with E-state index in [2.05, 4.69) is 0 Å². The van der Waals surface area contributed by atoms with Crippen LogP contribution in [0.1, 0.15) is 6.92 Å². The molecule has 10 radical (unpaired) electrons. The van der Waals surface area contributed by atoms with Gasteiger partial charge in [-0.3, -0.25) is 9.59 Å². The largest absolute Gasteiger partial charge is 0.294 e. The van der Waals surface area contributed by atoms with Gasteiger partial charge in [-0.15, -0.1) is 11.8 Å². The molecule has 3 heteroatoms. The monoisotopic (exact) mass is 294 g/mol.